The molecule has 1 aliphatic rings. The standard InChI is InChI=1S/C19H24IN3O2/c1-5-13-7-6-8-14(11-13)17-16(20)15-12-22(9-10-23(15)21-17)18(24)25-19(2,3)4/h6-8,11H,5,9-10,12H2,1-4H3. The molecule has 0 saturated heterocycles. The summed E-state index contributed by atoms with van der Waals surface area (Å²) >= 11 is 2.35. The minimum Gasteiger partial charge on any atom is -0.444 e. The first-order valence-electron chi connectivity index (χ1n) is 8.61. The monoisotopic (exact) mass is 453 g/mol. The number of amides is 1. The number of fused-ring (bicyclic) bond motifs is 1. The van der Waals surface area contributed by atoms with E-state index < -0.39 is 5.60 Å². The summed E-state index contributed by atoms with van der Waals surface area (Å²) in [5, 5.41) is 4.79. The van der Waals surface area contributed by atoms with E-state index in [-0.39, 0.29) is 6.09 Å². The topological polar surface area (TPSA) is 47.4 Å². The van der Waals surface area contributed by atoms with Crippen LogP contribution in [-0.4, -0.2) is 32.9 Å². The fraction of sp³-hybridized carbons (Fsp3) is 0.474. The van der Waals surface area contributed by atoms with Gasteiger partial charge in [0.2, 0.25) is 0 Å². The lowest BCUT2D eigenvalue weighted by Crippen LogP contribution is -2.41. The lowest BCUT2D eigenvalue weighted by atomic mass is 10.1. The number of benzene rings is 1. The van der Waals surface area contributed by atoms with Gasteiger partial charge in [0, 0.05) is 12.1 Å². The highest BCUT2D eigenvalue weighted by atomic mass is 127. The molecule has 1 aliphatic heterocycles. The van der Waals surface area contributed by atoms with Crippen LogP contribution in [0.2, 0.25) is 0 Å². The molecule has 1 aromatic heterocycles. The van der Waals surface area contributed by atoms with Crippen LogP contribution in [0.15, 0.2) is 24.3 Å². The molecule has 0 unspecified atom stereocenters. The number of halogens is 1. The summed E-state index contributed by atoms with van der Waals surface area (Å²) in [6.07, 6.45) is 0.745. The molecule has 25 heavy (non-hydrogen) atoms. The molecule has 0 saturated carbocycles. The summed E-state index contributed by atoms with van der Waals surface area (Å²) in [4.78, 5) is 14.1. The number of carbonyl (C=O) groups excluding carboxylic acids is 1. The Hall–Kier alpha value is -1.57. The van der Waals surface area contributed by atoms with E-state index in [1.807, 2.05) is 25.5 Å². The fourth-order valence-corrected chi connectivity index (χ4v) is 3.76. The Kier molecular flexibility index (Phi) is 5.09. The van der Waals surface area contributed by atoms with Crippen molar-refractivity contribution >= 4 is 28.7 Å². The first-order chi connectivity index (χ1) is 11.8. The average Bonchev–Trinajstić information content (AvgIpc) is 2.90. The predicted octanol–water partition coefficient (Wildman–Crippen LogP) is 4.47. The molecule has 134 valence electrons. The molecule has 0 N–H and O–H groups in total. The van der Waals surface area contributed by atoms with Gasteiger partial charge in [-0.3, -0.25) is 4.68 Å². The molecule has 0 spiro atoms. The zero-order valence-corrected chi connectivity index (χ0v) is 17.3. The Morgan fingerprint density at radius 2 is 2.08 bits per heavy atom. The van der Waals surface area contributed by atoms with Crippen LogP contribution in [0.4, 0.5) is 4.79 Å². The molecule has 0 bridgehead atoms. The van der Waals surface area contributed by atoms with Crippen LogP contribution in [0.25, 0.3) is 11.3 Å². The van der Waals surface area contributed by atoms with Crippen molar-refractivity contribution in [2.45, 2.75) is 52.8 Å². The Balaban J connectivity index is 1.86. The minimum atomic E-state index is -0.478. The lowest BCUT2D eigenvalue weighted by Gasteiger charge is -2.30. The van der Waals surface area contributed by atoms with Crippen LogP contribution in [0.3, 0.4) is 0 Å². The van der Waals surface area contributed by atoms with Crippen LogP contribution in [0.5, 0.6) is 0 Å². The highest BCUT2D eigenvalue weighted by Gasteiger charge is 2.29. The van der Waals surface area contributed by atoms with E-state index in [0.717, 1.165) is 26.9 Å². The molecule has 3 rings (SSSR count). The van der Waals surface area contributed by atoms with Crippen LogP contribution in [0, 0.1) is 3.57 Å². The highest BCUT2D eigenvalue weighted by Crippen LogP contribution is 2.30. The van der Waals surface area contributed by atoms with Gasteiger partial charge in [0.05, 0.1) is 22.4 Å². The fourth-order valence-electron chi connectivity index (χ4n) is 2.89. The normalized spacial score (nSPS) is 14.4. The van der Waals surface area contributed by atoms with Crippen molar-refractivity contribution in [3.8, 4) is 11.3 Å². The Labute approximate surface area is 162 Å². The quantitative estimate of drug-likeness (QED) is 0.631. The molecule has 6 heteroatoms. The van der Waals surface area contributed by atoms with Gasteiger partial charge in [-0.15, -0.1) is 0 Å². The maximum atomic E-state index is 12.4. The first-order valence-corrected chi connectivity index (χ1v) is 9.69. The molecule has 0 radical (unpaired) electrons. The number of carbonyl (C=O) groups is 1. The summed E-state index contributed by atoms with van der Waals surface area (Å²) in [5.41, 5.74) is 4.03. The minimum absolute atomic E-state index is 0.259. The zero-order valence-electron chi connectivity index (χ0n) is 15.2. The first kappa shape index (κ1) is 18.2. The number of hydrogen-bond acceptors (Lipinski definition) is 3. The highest BCUT2D eigenvalue weighted by molar-refractivity contribution is 14.1. The zero-order chi connectivity index (χ0) is 18.2. The molecule has 2 heterocycles. The van der Waals surface area contributed by atoms with Gasteiger partial charge in [0.25, 0.3) is 0 Å². The van der Waals surface area contributed by atoms with Crippen molar-refractivity contribution in [3.63, 3.8) is 0 Å². The molecular formula is C19H24IN3O2. The van der Waals surface area contributed by atoms with E-state index in [4.69, 9.17) is 9.84 Å². The van der Waals surface area contributed by atoms with Crippen molar-refractivity contribution in [1.82, 2.24) is 14.7 Å². The number of nitrogens with zero attached hydrogens (tertiary/aromatic N) is 3. The summed E-state index contributed by atoms with van der Waals surface area (Å²) in [6.45, 7) is 9.67. The van der Waals surface area contributed by atoms with E-state index in [2.05, 4.69) is 53.8 Å². The van der Waals surface area contributed by atoms with Crippen LogP contribution < -0.4 is 0 Å². The molecule has 0 fully saturated rings. The largest absolute Gasteiger partial charge is 0.444 e. The van der Waals surface area contributed by atoms with Gasteiger partial charge in [0.1, 0.15) is 11.3 Å². The van der Waals surface area contributed by atoms with Crippen LogP contribution in [0.1, 0.15) is 39.0 Å². The average molecular weight is 453 g/mol. The molecule has 0 atom stereocenters. The predicted molar refractivity (Wildman–Crippen MR) is 106 cm³/mol. The summed E-state index contributed by atoms with van der Waals surface area (Å²) in [6, 6.07) is 8.51. The number of rotatable bonds is 2. The number of aromatic nitrogens is 2. The molecule has 5 nitrogen and oxygen atoms in total. The van der Waals surface area contributed by atoms with Crippen LogP contribution in [-0.2, 0) is 24.2 Å². The van der Waals surface area contributed by atoms with E-state index in [1.54, 1.807) is 4.90 Å². The Morgan fingerprint density at radius 1 is 1.32 bits per heavy atom. The lowest BCUT2D eigenvalue weighted by molar-refractivity contribution is 0.0194. The van der Waals surface area contributed by atoms with Gasteiger partial charge in [-0.2, -0.15) is 5.10 Å². The van der Waals surface area contributed by atoms with Crippen molar-refractivity contribution < 1.29 is 9.53 Å². The summed E-state index contributed by atoms with van der Waals surface area (Å²) in [7, 11) is 0. The van der Waals surface area contributed by atoms with Crippen molar-refractivity contribution in [1.29, 1.82) is 0 Å². The molecule has 1 amide bonds. The van der Waals surface area contributed by atoms with E-state index in [0.29, 0.717) is 19.6 Å². The van der Waals surface area contributed by atoms with Crippen molar-refractivity contribution in [3.05, 3.63) is 39.1 Å². The number of ether oxygens (including phenoxy) is 1. The second-order valence-electron chi connectivity index (χ2n) is 7.29. The third-order valence-electron chi connectivity index (χ3n) is 4.18. The third kappa shape index (κ3) is 3.99. The van der Waals surface area contributed by atoms with Crippen molar-refractivity contribution in [2.24, 2.45) is 0 Å². The van der Waals surface area contributed by atoms with Gasteiger partial charge in [-0.1, -0.05) is 25.1 Å². The van der Waals surface area contributed by atoms with Gasteiger partial charge >= 0.3 is 6.09 Å². The third-order valence-corrected chi connectivity index (χ3v) is 5.31. The van der Waals surface area contributed by atoms with E-state index >= 15 is 0 Å². The van der Waals surface area contributed by atoms with Gasteiger partial charge in [-0.05, 0) is 61.4 Å². The van der Waals surface area contributed by atoms with Gasteiger partial charge in [0.15, 0.2) is 0 Å². The Bertz CT molecular complexity index is 792. The smallest absolute Gasteiger partial charge is 0.410 e. The maximum Gasteiger partial charge on any atom is 0.410 e. The van der Waals surface area contributed by atoms with E-state index in [1.165, 1.54) is 5.56 Å². The van der Waals surface area contributed by atoms with Gasteiger partial charge in [-0.25, -0.2) is 4.79 Å². The second-order valence-corrected chi connectivity index (χ2v) is 8.37. The molecular weight excluding hydrogens is 429 g/mol. The summed E-state index contributed by atoms with van der Waals surface area (Å²) < 4.78 is 8.64. The SMILES string of the molecule is CCc1cccc(-c2nn3c(c2I)CN(C(=O)OC(C)(C)C)CC3)c1. The van der Waals surface area contributed by atoms with Gasteiger partial charge < -0.3 is 9.64 Å². The maximum absolute atomic E-state index is 12.4. The molecule has 2 aromatic rings. The Morgan fingerprint density at radius 3 is 2.76 bits per heavy atom. The molecule has 1 aromatic carbocycles. The van der Waals surface area contributed by atoms with Crippen LogP contribution >= 0.6 is 22.6 Å². The molecule has 0 aliphatic carbocycles. The second kappa shape index (κ2) is 6.97. The van der Waals surface area contributed by atoms with E-state index in [9.17, 15) is 4.79 Å². The van der Waals surface area contributed by atoms with Crippen molar-refractivity contribution in [2.75, 3.05) is 6.54 Å². The number of hydrogen-bond donors (Lipinski definition) is 0. The summed E-state index contributed by atoms with van der Waals surface area (Å²) in [5.74, 6) is 0. The number of aryl methyl sites for hydroxylation is 1.